The van der Waals surface area contributed by atoms with Crippen LogP contribution in [0.15, 0.2) is 34.3 Å². The van der Waals surface area contributed by atoms with Gasteiger partial charge in [0, 0.05) is 0 Å². The summed E-state index contributed by atoms with van der Waals surface area (Å²) in [6.07, 6.45) is 9.59. The zero-order chi connectivity index (χ0) is 6.10. The molecule has 3 heteroatoms. The first-order chi connectivity index (χ1) is 4.47. The summed E-state index contributed by atoms with van der Waals surface area (Å²) >= 11 is 0. The molecule has 0 aromatic carbocycles. The van der Waals surface area contributed by atoms with E-state index in [1.54, 1.807) is 6.34 Å². The Labute approximate surface area is 78.6 Å². The molecule has 48 valence electrons. The van der Waals surface area contributed by atoms with Crippen molar-refractivity contribution < 1.29 is 2.85 Å². The third kappa shape index (κ3) is 1.20. The van der Waals surface area contributed by atoms with Crippen molar-refractivity contribution in [1.82, 2.24) is 0 Å². The van der Waals surface area contributed by atoms with Crippen molar-refractivity contribution in [3.05, 3.63) is 24.3 Å². The van der Waals surface area contributed by atoms with Gasteiger partial charge in [0.25, 0.3) is 0 Å². The number of aliphatic imine (C=N–C) groups is 2. The number of nitrogens with zero attached hydrogens (tertiary/aromatic N) is 2. The van der Waals surface area contributed by atoms with Crippen LogP contribution in [0, 0.1) is 0 Å². The van der Waals surface area contributed by atoms with E-state index in [0.29, 0.717) is 0 Å². The molecule has 0 radical (unpaired) electrons. The summed E-state index contributed by atoms with van der Waals surface area (Å²) in [6.45, 7) is 0. The van der Waals surface area contributed by atoms with Gasteiger partial charge in [-0.05, 0) is 6.08 Å². The van der Waals surface area contributed by atoms with E-state index in [1.165, 1.54) is 0 Å². The Hall–Kier alpha value is -0.414. The molecule has 1 heterocycles. The van der Waals surface area contributed by atoms with Gasteiger partial charge in [0.15, 0.2) is 0 Å². The maximum absolute atomic E-state index is 4.09. The maximum Gasteiger partial charge on any atom is 2.00 e. The summed E-state index contributed by atoms with van der Waals surface area (Å²) < 4.78 is 0. The molecule has 0 aromatic rings. The van der Waals surface area contributed by atoms with Crippen LogP contribution in [-0.2, 0) is 0 Å². The van der Waals surface area contributed by atoms with Crippen molar-refractivity contribution >= 4 is 35.1 Å². The minimum absolute atomic E-state index is 0. The maximum atomic E-state index is 4.09. The number of hydrogen-bond acceptors (Lipinski definition) is 2. The van der Waals surface area contributed by atoms with E-state index >= 15 is 0 Å². The minimum atomic E-state index is 0. The van der Waals surface area contributed by atoms with Crippen molar-refractivity contribution in [3.8, 4) is 0 Å². The van der Waals surface area contributed by atoms with Crippen LogP contribution >= 0.6 is 0 Å². The van der Waals surface area contributed by atoms with Crippen LogP contribution in [0.25, 0.3) is 0 Å². The first kappa shape index (κ1) is 7.69. The number of hydrogen-bond donors (Lipinski definition) is 0. The summed E-state index contributed by atoms with van der Waals surface area (Å²) in [5, 5.41) is 0. The van der Waals surface area contributed by atoms with Gasteiger partial charge >= 0.3 is 23.1 Å². The predicted octanol–water partition coefficient (Wildman–Crippen LogP) is 0.808. The fourth-order valence-electron chi connectivity index (χ4n) is 0.938. The third-order valence-corrected chi connectivity index (χ3v) is 1.41. The van der Waals surface area contributed by atoms with Crippen LogP contribution < -0.4 is 0 Å². The number of rotatable bonds is 0. The third-order valence-electron chi connectivity index (χ3n) is 1.41. The van der Waals surface area contributed by atoms with Crippen molar-refractivity contribution in [2.45, 2.75) is 6.04 Å². The molecule has 2 rings (SSSR count). The summed E-state index contributed by atoms with van der Waals surface area (Å²) in [7, 11) is 0. The Balaban J connectivity index is 0. The van der Waals surface area contributed by atoms with E-state index in [4.69, 9.17) is 0 Å². The Morgan fingerprint density at radius 2 is 2.30 bits per heavy atom. The summed E-state index contributed by atoms with van der Waals surface area (Å²) in [5.74, 6) is 0. The number of allylic oxidation sites excluding steroid dienone is 2. The van der Waals surface area contributed by atoms with Gasteiger partial charge in [-0.3, -0.25) is 4.99 Å². The van der Waals surface area contributed by atoms with Gasteiger partial charge in [0.05, 0.1) is 5.71 Å². The van der Waals surface area contributed by atoms with Crippen LogP contribution in [0.2, 0.25) is 0 Å². The Morgan fingerprint density at radius 1 is 1.40 bits per heavy atom. The number of fused-ring (bicyclic) bond motifs is 1. The van der Waals surface area contributed by atoms with Crippen molar-refractivity contribution in [2.75, 3.05) is 0 Å². The molecular weight excluding hydrogens is 136 g/mol. The van der Waals surface area contributed by atoms with Crippen molar-refractivity contribution in [3.63, 3.8) is 0 Å². The average Bonchev–Trinajstić information content (AvgIpc) is 2.33. The summed E-state index contributed by atoms with van der Waals surface area (Å²) in [6, 6.07) is 0.218. The quantitative estimate of drug-likeness (QED) is 0.450. The molecule has 1 aliphatic carbocycles. The topological polar surface area (TPSA) is 24.7 Å². The van der Waals surface area contributed by atoms with Gasteiger partial charge in [-0.25, -0.2) is 4.99 Å². The first-order valence-electron chi connectivity index (χ1n) is 2.91. The molecule has 1 atom stereocenters. The second-order valence-electron chi connectivity index (χ2n) is 2.01. The van der Waals surface area contributed by atoms with Crippen LogP contribution in [-0.4, -0.2) is 41.1 Å². The average molecular weight is 144 g/mol. The Morgan fingerprint density at radius 3 is 3.10 bits per heavy atom. The second-order valence-corrected chi connectivity index (χ2v) is 2.01. The molecule has 2 aliphatic rings. The smallest absolute Gasteiger partial charge is 1.00 e. The molecule has 0 bridgehead atoms. The van der Waals surface area contributed by atoms with Gasteiger partial charge in [-0.2, -0.15) is 0 Å². The molecule has 0 fully saturated rings. The van der Waals surface area contributed by atoms with E-state index in [9.17, 15) is 0 Å². The molecule has 10 heavy (non-hydrogen) atoms. The van der Waals surface area contributed by atoms with E-state index in [0.717, 1.165) is 5.71 Å². The fourth-order valence-corrected chi connectivity index (χ4v) is 0.938. The zero-order valence-electron chi connectivity index (χ0n) is 7.57. The van der Waals surface area contributed by atoms with Gasteiger partial charge < -0.3 is 2.85 Å². The summed E-state index contributed by atoms with van der Waals surface area (Å²) in [4.78, 5) is 8.14. The predicted molar refractivity (Wildman–Crippen MR) is 46.0 cm³/mol. The SMILES string of the molecule is C1=CC2=NC=NC2C=C1.[H-].[H-].[Mg+2]. The second kappa shape index (κ2) is 3.12. The molecule has 0 saturated heterocycles. The molecule has 0 amide bonds. The molecular formula is C7H8MgN2. The fraction of sp³-hybridized carbons (Fsp3) is 0.143. The molecule has 0 saturated carbocycles. The van der Waals surface area contributed by atoms with Gasteiger partial charge in [-0.1, -0.05) is 18.2 Å². The summed E-state index contributed by atoms with van der Waals surface area (Å²) in [5.41, 5.74) is 1.05. The molecule has 0 aromatic heterocycles. The standard InChI is InChI=1S/C7H6N2.Mg.2H/c1-2-4-7-6(3-1)8-5-9-7;;;/h1-6H;;;/q;+2;2*-1. The first-order valence-corrected chi connectivity index (χ1v) is 2.91. The molecule has 1 aliphatic heterocycles. The van der Waals surface area contributed by atoms with Crippen LogP contribution in [0.4, 0.5) is 0 Å². The minimum Gasteiger partial charge on any atom is -1.00 e. The van der Waals surface area contributed by atoms with Gasteiger partial charge in [0.2, 0.25) is 0 Å². The normalized spacial score (nSPS) is 25.6. The van der Waals surface area contributed by atoms with Crippen LogP contribution in [0.1, 0.15) is 2.85 Å². The van der Waals surface area contributed by atoms with Crippen LogP contribution in [0.5, 0.6) is 0 Å². The largest absolute Gasteiger partial charge is 2.00 e. The van der Waals surface area contributed by atoms with Crippen molar-refractivity contribution in [2.24, 2.45) is 9.98 Å². The molecule has 2 nitrogen and oxygen atoms in total. The van der Waals surface area contributed by atoms with Crippen molar-refractivity contribution in [1.29, 1.82) is 0 Å². The monoisotopic (exact) mass is 144 g/mol. The van der Waals surface area contributed by atoms with E-state index < -0.39 is 0 Å². The van der Waals surface area contributed by atoms with Gasteiger partial charge in [-0.15, -0.1) is 0 Å². The zero-order valence-corrected chi connectivity index (χ0v) is 6.98. The van der Waals surface area contributed by atoms with E-state index in [-0.39, 0.29) is 31.9 Å². The van der Waals surface area contributed by atoms with E-state index in [1.807, 2.05) is 24.3 Å². The molecule has 0 N–H and O–H groups in total. The molecule has 0 spiro atoms. The van der Waals surface area contributed by atoms with Crippen LogP contribution in [0.3, 0.4) is 0 Å². The molecule has 1 unspecified atom stereocenters. The van der Waals surface area contributed by atoms with Gasteiger partial charge in [0.1, 0.15) is 12.4 Å². The Kier molecular flexibility index (Phi) is 2.40. The van der Waals surface area contributed by atoms with E-state index in [2.05, 4.69) is 9.98 Å². The Bertz CT molecular complexity index is 246.